The highest BCUT2D eigenvalue weighted by atomic mass is 32.2. The Hall–Kier alpha value is -2.39. The summed E-state index contributed by atoms with van der Waals surface area (Å²) < 4.78 is 69.7. The Morgan fingerprint density at radius 3 is 2.42 bits per heavy atom. The van der Waals surface area contributed by atoms with E-state index in [-0.39, 0.29) is 46.9 Å². The van der Waals surface area contributed by atoms with Crippen LogP contribution in [0.3, 0.4) is 0 Å². The lowest BCUT2D eigenvalue weighted by atomic mass is 9.83. The maximum atomic E-state index is 15.5. The Balaban J connectivity index is 1.49. The summed E-state index contributed by atoms with van der Waals surface area (Å²) in [6.07, 6.45) is 4.55. The highest BCUT2D eigenvalue weighted by Crippen LogP contribution is 2.50. The number of halogens is 3. The Labute approximate surface area is 191 Å². The molecule has 4 atom stereocenters. The molecule has 3 fully saturated rings. The van der Waals surface area contributed by atoms with Gasteiger partial charge in [0.2, 0.25) is 15.9 Å². The molecule has 33 heavy (non-hydrogen) atoms. The zero-order chi connectivity index (χ0) is 23.5. The fourth-order valence-corrected chi connectivity index (χ4v) is 6.16. The first-order valence-electron chi connectivity index (χ1n) is 11.2. The summed E-state index contributed by atoms with van der Waals surface area (Å²) in [4.78, 5) is 15.0. The van der Waals surface area contributed by atoms with E-state index in [9.17, 15) is 22.0 Å². The number of benzene rings is 2. The molecule has 1 aliphatic heterocycles. The van der Waals surface area contributed by atoms with E-state index in [1.54, 1.807) is 17.0 Å². The largest absolute Gasteiger partial charge is 0.334 e. The van der Waals surface area contributed by atoms with Gasteiger partial charge < -0.3 is 4.90 Å². The van der Waals surface area contributed by atoms with Crippen molar-refractivity contribution in [1.29, 1.82) is 0 Å². The van der Waals surface area contributed by atoms with E-state index in [0.717, 1.165) is 50.1 Å². The molecule has 4 unspecified atom stereocenters. The van der Waals surface area contributed by atoms with Crippen molar-refractivity contribution in [3.8, 4) is 11.1 Å². The SMILES string of the molecule is CS(=O)(=O)NC1C2CC2N(C(=O)C2CCC2)C1Cc1cccc(-c2cc(F)cc(F)c2)c1F. The van der Waals surface area contributed by atoms with Crippen LogP contribution in [0.4, 0.5) is 13.2 Å². The van der Waals surface area contributed by atoms with Gasteiger partial charge >= 0.3 is 0 Å². The number of amides is 1. The molecule has 0 aromatic heterocycles. The van der Waals surface area contributed by atoms with Crippen LogP contribution in [-0.2, 0) is 21.2 Å². The molecule has 9 heteroatoms. The van der Waals surface area contributed by atoms with Crippen molar-refractivity contribution in [2.75, 3.05) is 6.26 Å². The zero-order valence-electron chi connectivity index (χ0n) is 18.1. The summed E-state index contributed by atoms with van der Waals surface area (Å²) in [5.41, 5.74) is 0.406. The molecule has 2 aromatic rings. The van der Waals surface area contributed by atoms with Gasteiger partial charge in [-0.2, -0.15) is 0 Å². The van der Waals surface area contributed by atoms with Crippen LogP contribution in [0.2, 0.25) is 0 Å². The lowest BCUT2D eigenvalue weighted by Gasteiger charge is -2.37. The summed E-state index contributed by atoms with van der Waals surface area (Å²) in [5, 5.41) is 0. The maximum absolute atomic E-state index is 15.5. The molecule has 1 amide bonds. The van der Waals surface area contributed by atoms with Crippen molar-refractivity contribution >= 4 is 15.9 Å². The smallest absolute Gasteiger partial charge is 0.226 e. The summed E-state index contributed by atoms with van der Waals surface area (Å²) >= 11 is 0. The van der Waals surface area contributed by atoms with Crippen LogP contribution in [0.1, 0.15) is 31.2 Å². The minimum Gasteiger partial charge on any atom is -0.334 e. The molecule has 0 spiro atoms. The van der Waals surface area contributed by atoms with Crippen molar-refractivity contribution < 1.29 is 26.4 Å². The standard InChI is InChI=1S/C24H25F3N2O3S/c1-33(31,32)28-23-19-12-20(19)29(24(30)13-4-2-5-13)21(23)10-14-6-3-7-18(22(14)27)15-8-16(25)11-17(26)9-15/h3,6-9,11,13,19-21,23,28H,2,4-5,10,12H2,1H3. The van der Waals surface area contributed by atoms with Crippen molar-refractivity contribution in [2.24, 2.45) is 11.8 Å². The lowest BCUT2D eigenvalue weighted by Crippen LogP contribution is -2.52. The van der Waals surface area contributed by atoms with Gasteiger partial charge in [-0.15, -0.1) is 0 Å². The molecule has 176 valence electrons. The minimum absolute atomic E-state index is 0.0114. The van der Waals surface area contributed by atoms with E-state index >= 15 is 4.39 Å². The topological polar surface area (TPSA) is 66.5 Å². The fraction of sp³-hybridized carbons (Fsp3) is 0.458. The zero-order valence-corrected chi connectivity index (χ0v) is 18.9. The molecule has 1 N–H and O–H groups in total. The second kappa shape index (κ2) is 8.13. The van der Waals surface area contributed by atoms with Gasteiger partial charge in [-0.1, -0.05) is 24.6 Å². The van der Waals surface area contributed by atoms with E-state index in [0.29, 0.717) is 0 Å². The number of hydrogen-bond donors (Lipinski definition) is 1. The van der Waals surface area contributed by atoms with E-state index in [4.69, 9.17) is 0 Å². The molecular weight excluding hydrogens is 453 g/mol. The Bertz CT molecular complexity index is 1200. The maximum Gasteiger partial charge on any atom is 0.226 e. The molecule has 5 nitrogen and oxygen atoms in total. The Morgan fingerprint density at radius 2 is 1.82 bits per heavy atom. The quantitative estimate of drug-likeness (QED) is 0.690. The van der Waals surface area contributed by atoms with Crippen molar-refractivity contribution in [2.45, 2.75) is 50.2 Å². The highest BCUT2D eigenvalue weighted by Gasteiger charge is 2.61. The third-order valence-corrected chi connectivity index (χ3v) is 7.84. The first-order chi connectivity index (χ1) is 15.6. The van der Waals surface area contributed by atoms with Crippen LogP contribution in [0.15, 0.2) is 36.4 Å². The lowest BCUT2D eigenvalue weighted by molar-refractivity contribution is -0.140. The molecule has 3 aliphatic rings. The van der Waals surface area contributed by atoms with Gasteiger partial charge in [-0.25, -0.2) is 26.3 Å². The molecule has 1 heterocycles. The number of hydrogen-bond acceptors (Lipinski definition) is 3. The number of sulfonamides is 1. The molecule has 2 aliphatic carbocycles. The third kappa shape index (κ3) is 4.28. The molecule has 2 saturated carbocycles. The van der Waals surface area contributed by atoms with Crippen LogP contribution >= 0.6 is 0 Å². The van der Waals surface area contributed by atoms with E-state index in [1.807, 2.05) is 0 Å². The number of nitrogens with one attached hydrogen (secondary N) is 1. The van der Waals surface area contributed by atoms with Crippen LogP contribution < -0.4 is 4.72 Å². The van der Waals surface area contributed by atoms with Gasteiger partial charge in [0, 0.05) is 29.6 Å². The minimum atomic E-state index is -3.54. The molecule has 0 bridgehead atoms. The van der Waals surface area contributed by atoms with Gasteiger partial charge in [-0.05, 0) is 54.9 Å². The van der Waals surface area contributed by atoms with Gasteiger partial charge in [0.05, 0.1) is 12.3 Å². The average Bonchev–Trinajstić information content (AvgIpc) is 3.39. The summed E-state index contributed by atoms with van der Waals surface area (Å²) in [7, 11) is -3.54. The van der Waals surface area contributed by atoms with Crippen LogP contribution in [0.5, 0.6) is 0 Å². The number of rotatable bonds is 6. The first kappa shape index (κ1) is 22.4. The number of fused-ring (bicyclic) bond motifs is 1. The number of carbonyl (C=O) groups is 1. The number of piperidine rings is 1. The second-order valence-electron chi connectivity index (χ2n) is 9.46. The number of likely N-dealkylation sites (tertiary alicyclic amines) is 1. The molecule has 0 radical (unpaired) electrons. The third-order valence-electron chi connectivity index (χ3n) is 7.14. The number of nitrogens with zero attached hydrogens (tertiary/aromatic N) is 1. The monoisotopic (exact) mass is 478 g/mol. The van der Waals surface area contributed by atoms with Crippen LogP contribution in [-0.4, -0.2) is 43.6 Å². The van der Waals surface area contributed by atoms with Gasteiger partial charge in [0.25, 0.3) is 0 Å². The average molecular weight is 479 g/mol. The van der Waals surface area contributed by atoms with Crippen molar-refractivity contribution in [3.05, 3.63) is 59.4 Å². The predicted octanol–water partition coefficient (Wildman–Crippen LogP) is 3.63. The van der Waals surface area contributed by atoms with Crippen molar-refractivity contribution in [1.82, 2.24) is 9.62 Å². The van der Waals surface area contributed by atoms with Gasteiger partial charge in [0.1, 0.15) is 17.5 Å². The highest BCUT2D eigenvalue weighted by molar-refractivity contribution is 7.88. The number of carbonyl (C=O) groups excluding carboxylic acids is 1. The second-order valence-corrected chi connectivity index (χ2v) is 11.2. The van der Waals surface area contributed by atoms with Crippen LogP contribution in [0, 0.1) is 29.3 Å². The van der Waals surface area contributed by atoms with E-state index < -0.39 is 39.6 Å². The summed E-state index contributed by atoms with van der Waals surface area (Å²) in [6.45, 7) is 0. The predicted molar refractivity (Wildman–Crippen MR) is 117 cm³/mol. The fourth-order valence-electron chi connectivity index (χ4n) is 5.34. The Morgan fingerprint density at radius 1 is 1.12 bits per heavy atom. The summed E-state index contributed by atoms with van der Waals surface area (Å²) in [6, 6.07) is 6.42. The summed E-state index contributed by atoms with van der Waals surface area (Å²) in [5.74, 6) is -2.27. The Kier molecular flexibility index (Phi) is 5.52. The molecule has 2 aromatic carbocycles. The van der Waals surface area contributed by atoms with Crippen LogP contribution in [0.25, 0.3) is 11.1 Å². The molecular formula is C24H25F3N2O3S. The van der Waals surface area contributed by atoms with Crippen molar-refractivity contribution in [3.63, 3.8) is 0 Å². The van der Waals surface area contributed by atoms with Gasteiger partial charge in [0.15, 0.2) is 0 Å². The van der Waals surface area contributed by atoms with E-state index in [1.165, 1.54) is 6.07 Å². The van der Waals surface area contributed by atoms with Gasteiger partial charge in [-0.3, -0.25) is 4.79 Å². The molecule has 1 saturated heterocycles. The first-order valence-corrected chi connectivity index (χ1v) is 13.0. The normalized spacial score (nSPS) is 26.7. The molecule has 5 rings (SSSR count). The van der Waals surface area contributed by atoms with E-state index in [2.05, 4.69) is 4.72 Å².